The molecule has 4 nitrogen and oxygen atoms in total. The molecule has 0 atom stereocenters. The lowest BCUT2D eigenvalue weighted by Crippen LogP contribution is -2.14. The Bertz CT molecular complexity index is 356. The molecule has 102 valence electrons. The van der Waals surface area contributed by atoms with Crippen molar-refractivity contribution in [3.05, 3.63) is 11.9 Å². The molecule has 0 amide bonds. The second kappa shape index (κ2) is 6.42. The van der Waals surface area contributed by atoms with Crippen LogP contribution in [-0.2, 0) is 6.18 Å². The molecule has 1 aromatic rings. The van der Waals surface area contributed by atoms with Crippen molar-refractivity contribution in [1.82, 2.24) is 9.97 Å². The predicted octanol–water partition coefficient (Wildman–Crippen LogP) is 3.11. The highest BCUT2D eigenvalue weighted by Gasteiger charge is 2.35. The number of hydrogen-bond acceptors (Lipinski definition) is 4. The Morgan fingerprint density at radius 3 is 2.50 bits per heavy atom. The van der Waals surface area contributed by atoms with Gasteiger partial charge in [-0.25, -0.2) is 4.98 Å². The molecule has 0 unspecified atom stereocenters. The summed E-state index contributed by atoms with van der Waals surface area (Å²) in [5, 5.41) is 2.79. The van der Waals surface area contributed by atoms with Crippen LogP contribution in [0.5, 0.6) is 5.88 Å². The normalized spacial score (nSPS) is 11.4. The van der Waals surface area contributed by atoms with Crippen LogP contribution in [0.15, 0.2) is 6.07 Å². The van der Waals surface area contributed by atoms with Gasteiger partial charge in [0.2, 0.25) is 11.7 Å². The van der Waals surface area contributed by atoms with Crippen LogP contribution in [0.25, 0.3) is 0 Å². The summed E-state index contributed by atoms with van der Waals surface area (Å²) in [4.78, 5) is 6.77. The minimum Gasteiger partial charge on any atom is -0.478 e. The van der Waals surface area contributed by atoms with Crippen LogP contribution in [0, 0.1) is 0 Å². The number of halogens is 3. The SMILES string of the molecule is CCCNc1cc(OCCC)nc(C(F)(F)F)n1. The van der Waals surface area contributed by atoms with E-state index in [9.17, 15) is 13.2 Å². The van der Waals surface area contributed by atoms with Crippen LogP contribution in [0.2, 0.25) is 0 Å². The molecular formula is C11H16F3N3O. The number of nitrogens with one attached hydrogen (secondary N) is 1. The first-order valence-corrected chi connectivity index (χ1v) is 5.80. The summed E-state index contributed by atoms with van der Waals surface area (Å²) in [5.74, 6) is -1.11. The molecule has 0 aliphatic rings. The number of alkyl halides is 3. The Morgan fingerprint density at radius 1 is 1.22 bits per heavy atom. The van der Waals surface area contributed by atoms with Gasteiger partial charge in [0.1, 0.15) is 5.82 Å². The summed E-state index contributed by atoms with van der Waals surface area (Å²) in [6.07, 6.45) is -3.09. The number of hydrogen-bond donors (Lipinski definition) is 1. The molecule has 0 fully saturated rings. The first-order chi connectivity index (χ1) is 8.47. The third-order valence-corrected chi connectivity index (χ3v) is 1.97. The molecule has 18 heavy (non-hydrogen) atoms. The number of aromatic nitrogens is 2. The van der Waals surface area contributed by atoms with Crippen LogP contribution in [0.4, 0.5) is 19.0 Å². The Morgan fingerprint density at radius 2 is 1.94 bits per heavy atom. The van der Waals surface area contributed by atoms with Gasteiger partial charge >= 0.3 is 6.18 Å². The molecule has 1 heterocycles. The summed E-state index contributed by atoms with van der Waals surface area (Å²) in [6.45, 7) is 4.64. The van der Waals surface area contributed by atoms with E-state index in [1.807, 2.05) is 13.8 Å². The number of rotatable bonds is 6. The van der Waals surface area contributed by atoms with Gasteiger partial charge in [0.15, 0.2) is 0 Å². The van der Waals surface area contributed by atoms with Crippen molar-refractivity contribution in [2.45, 2.75) is 32.9 Å². The van der Waals surface area contributed by atoms with E-state index in [0.717, 1.165) is 6.42 Å². The molecule has 0 aliphatic heterocycles. The molecule has 0 saturated heterocycles. The van der Waals surface area contributed by atoms with Gasteiger partial charge in [-0.3, -0.25) is 0 Å². The summed E-state index contributed by atoms with van der Waals surface area (Å²) in [7, 11) is 0. The molecule has 0 aromatic carbocycles. The van der Waals surface area contributed by atoms with Crippen molar-refractivity contribution in [1.29, 1.82) is 0 Å². The van der Waals surface area contributed by atoms with Gasteiger partial charge < -0.3 is 10.1 Å². The Labute approximate surface area is 104 Å². The van der Waals surface area contributed by atoms with Gasteiger partial charge in [-0.1, -0.05) is 13.8 Å². The maximum atomic E-state index is 12.6. The number of nitrogens with zero attached hydrogens (tertiary/aromatic N) is 2. The first kappa shape index (κ1) is 14.5. The number of ether oxygens (including phenoxy) is 1. The third kappa shape index (κ3) is 4.38. The van der Waals surface area contributed by atoms with Crippen LogP contribution in [-0.4, -0.2) is 23.1 Å². The van der Waals surface area contributed by atoms with Gasteiger partial charge in [0.05, 0.1) is 6.61 Å². The Hall–Kier alpha value is -1.53. The minimum absolute atomic E-state index is 0.0576. The van der Waals surface area contributed by atoms with E-state index in [2.05, 4.69) is 15.3 Å². The lowest BCUT2D eigenvalue weighted by molar-refractivity contribution is -0.145. The summed E-state index contributed by atoms with van der Waals surface area (Å²) < 4.78 is 42.9. The molecule has 1 aromatic heterocycles. The summed E-state index contributed by atoms with van der Waals surface area (Å²) in [6, 6.07) is 1.38. The quantitative estimate of drug-likeness (QED) is 0.856. The molecule has 1 N–H and O–H groups in total. The monoisotopic (exact) mass is 263 g/mol. The van der Waals surface area contributed by atoms with E-state index in [-0.39, 0.29) is 11.7 Å². The topological polar surface area (TPSA) is 47.0 Å². The van der Waals surface area contributed by atoms with Crippen molar-refractivity contribution in [2.75, 3.05) is 18.5 Å². The smallest absolute Gasteiger partial charge is 0.451 e. The fourth-order valence-corrected chi connectivity index (χ4v) is 1.18. The van der Waals surface area contributed by atoms with Crippen LogP contribution < -0.4 is 10.1 Å². The van der Waals surface area contributed by atoms with Gasteiger partial charge in [-0.15, -0.1) is 0 Å². The van der Waals surface area contributed by atoms with Gasteiger partial charge in [0, 0.05) is 12.6 Å². The second-order valence-corrected chi connectivity index (χ2v) is 3.69. The molecule has 0 bridgehead atoms. The van der Waals surface area contributed by atoms with E-state index in [1.54, 1.807) is 0 Å². The van der Waals surface area contributed by atoms with Crippen molar-refractivity contribution in [3.63, 3.8) is 0 Å². The van der Waals surface area contributed by atoms with E-state index in [0.29, 0.717) is 19.6 Å². The van der Waals surface area contributed by atoms with Crippen molar-refractivity contribution >= 4 is 5.82 Å². The average molecular weight is 263 g/mol. The number of anilines is 1. The van der Waals surface area contributed by atoms with Gasteiger partial charge in [-0.2, -0.15) is 18.2 Å². The summed E-state index contributed by atoms with van der Waals surface area (Å²) >= 11 is 0. The van der Waals surface area contributed by atoms with Crippen LogP contribution >= 0.6 is 0 Å². The van der Waals surface area contributed by atoms with E-state index in [1.165, 1.54) is 6.07 Å². The maximum Gasteiger partial charge on any atom is 0.451 e. The second-order valence-electron chi connectivity index (χ2n) is 3.69. The maximum absolute atomic E-state index is 12.6. The van der Waals surface area contributed by atoms with Gasteiger partial charge in [-0.05, 0) is 12.8 Å². The zero-order valence-electron chi connectivity index (χ0n) is 10.3. The molecule has 7 heteroatoms. The molecule has 1 rings (SSSR count). The Kier molecular flexibility index (Phi) is 5.18. The zero-order valence-corrected chi connectivity index (χ0v) is 10.3. The average Bonchev–Trinajstić information content (AvgIpc) is 2.32. The molecule has 0 aliphatic carbocycles. The Balaban J connectivity index is 2.96. The van der Waals surface area contributed by atoms with Crippen molar-refractivity contribution in [2.24, 2.45) is 0 Å². The van der Waals surface area contributed by atoms with E-state index < -0.39 is 12.0 Å². The fraction of sp³-hybridized carbons (Fsp3) is 0.636. The van der Waals surface area contributed by atoms with Crippen molar-refractivity contribution < 1.29 is 17.9 Å². The predicted molar refractivity (Wildman–Crippen MR) is 61.6 cm³/mol. The summed E-state index contributed by atoms with van der Waals surface area (Å²) in [5.41, 5.74) is 0. The standard InChI is InChI=1S/C11H16F3N3O/c1-3-5-15-8-7-9(18-6-4-2)17-10(16-8)11(12,13)14/h7H,3-6H2,1-2H3,(H,15,16,17). The minimum atomic E-state index is -4.58. The highest BCUT2D eigenvalue weighted by molar-refractivity contribution is 5.38. The zero-order chi connectivity index (χ0) is 13.6. The highest BCUT2D eigenvalue weighted by atomic mass is 19.4. The van der Waals surface area contributed by atoms with Crippen molar-refractivity contribution in [3.8, 4) is 5.88 Å². The molecular weight excluding hydrogens is 247 g/mol. The largest absolute Gasteiger partial charge is 0.478 e. The third-order valence-electron chi connectivity index (χ3n) is 1.97. The lowest BCUT2D eigenvalue weighted by Gasteiger charge is -2.11. The lowest BCUT2D eigenvalue weighted by atomic mass is 10.4. The van der Waals surface area contributed by atoms with E-state index >= 15 is 0 Å². The molecule has 0 spiro atoms. The van der Waals surface area contributed by atoms with Gasteiger partial charge in [0.25, 0.3) is 0 Å². The molecule has 0 saturated carbocycles. The van der Waals surface area contributed by atoms with Crippen LogP contribution in [0.3, 0.4) is 0 Å². The van der Waals surface area contributed by atoms with E-state index in [4.69, 9.17) is 4.74 Å². The highest BCUT2D eigenvalue weighted by Crippen LogP contribution is 2.28. The van der Waals surface area contributed by atoms with Crippen LogP contribution in [0.1, 0.15) is 32.5 Å². The fourth-order valence-electron chi connectivity index (χ4n) is 1.18. The first-order valence-electron chi connectivity index (χ1n) is 5.80. The molecule has 0 radical (unpaired) electrons.